The number of nitrogens with zero attached hydrogens (tertiary/aromatic N) is 1. The number of nitro groups is 1. The Morgan fingerprint density at radius 3 is 2.17 bits per heavy atom. The van der Waals surface area contributed by atoms with Crippen LogP contribution < -0.4 is 5.32 Å². The van der Waals surface area contributed by atoms with Crippen LogP contribution in [0.5, 0.6) is 0 Å². The zero-order valence-corrected chi connectivity index (χ0v) is 12.8. The molecular weight excluding hydrogens is 317 g/mol. The first-order valence-electron chi connectivity index (χ1n) is 6.67. The van der Waals surface area contributed by atoms with Crippen molar-refractivity contribution in [2.75, 3.05) is 6.54 Å². The van der Waals surface area contributed by atoms with E-state index in [2.05, 4.69) is 5.32 Å². The summed E-state index contributed by atoms with van der Waals surface area (Å²) in [6, 6.07) is 2.70. The third-order valence-electron chi connectivity index (χ3n) is 2.66. The number of benzene rings is 1. The number of alkyl carbamates (subject to hydrolysis) is 1. The molecule has 0 spiro atoms. The highest BCUT2D eigenvalue weighted by Gasteiger charge is 2.31. The van der Waals surface area contributed by atoms with Crippen LogP contribution in [0.1, 0.15) is 37.9 Å². The van der Waals surface area contributed by atoms with Crippen molar-refractivity contribution in [3.05, 3.63) is 45.5 Å². The predicted molar refractivity (Wildman–Crippen MR) is 75.4 cm³/mol. The Bertz CT molecular complexity index is 565. The van der Waals surface area contributed by atoms with Crippen LogP contribution in [-0.4, -0.2) is 23.2 Å². The summed E-state index contributed by atoms with van der Waals surface area (Å²) in [5.41, 5.74) is -1.50. The Morgan fingerprint density at radius 1 is 1.26 bits per heavy atom. The van der Waals surface area contributed by atoms with Crippen molar-refractivity contribution < 1.29 is 27.6 Å². The fraction of sp³-hybridized carbons (Fsp3) is 0.500. The van der Waals surface area contributed by atoms with Crippen LogP contribution in [-0.2, 0) is 10.9 Å². The first-order chi connectivity index (χ1) is 10.4. The maximum atomic E-state index is 12.5. The van der Waals surface area contributed by atoms with Crippen LogP contribution in [0.25, 0.3) is 0 Å². The summed E-state index contributed by atoms with van der Waals surface area (Å²) in [5, 5.41) is 13.0. The van der Waals surface area contributed by atoms with E-state index in [9.17, 15) is 28.1 Å². The summed E-state index contributed by atoms with van der Waals surface area (Å²) in [7, 11) is 0. The number of nitrogens with one attached hydrogen (secondary N) is 1. The topological polar surface area (TPSA) is 81.5 Å². The highest BCUT2D eigenvalue weighted by atomic mass is 19.4. The standard InChI is InChI=1S/C14H17F3N2O4/c1-13(2,3)23-12(20)18-11(8-19(21)22)9-4-6-10(7-5-9)14(15,16)17/h4-7,11H,8H2,1-3H3,(H,18,20). The minimum absolute atomic E-state index is 0.181. The molecule has 128 valence electrons. The molecule has 0 radical (unpaired) electrons. The van der Waals surface area contributed by atoms with E-state index >= 15 is 0 Å². The minimum Gasteiger partial charge on any atom is -0.444 e. The van der Waals surface area contributed by atoms with Gasteiger partial charge < -0.3 is 10.1 Å². The van der Waals surface area contributed by atoms with Crippen molar-refractivity contribution in [1.82, 2.24) is 5.32 Å². The lowest BCUT2D eigenvalue weighted by atomic mass is 10.0. The van der Waals surface area contributed by atoms with Crippen LogP contribution in [0.4, 0.5) is 18.0 Å². The fourth-order valence-electron chi connectivity index (χ4n) is 1.74. The van der Waals surface area contributed by atoms with Crippen LogP contribution in [0.2, 0.25) is 0 Å². The molecule has 1 N–H and O–H groups in total. The van der Waals surface area contributed by atoms with Gasteiger partial charge in [-0.2, -0.15) is 13.2 Å². The van der Waals surface area contributed by atoms with Crippen molar-refractivity contribution in [2.24, 2.45) is 0 Å². The van der Waals surface area contributed by atoms with Crippen molar-refractivity contribution in [3.8, 4) is 0 Å². The number of hydrogen-bond donors (Lipinski definition) is 1. The summed E-state index contributed by atoms with van der Waals surface area (Å²) in [4.78, 5) is 21.8. The average molecular weight is 334 g/mol. The Balaban J connectivity index is 2.94. The Kier molecular flexibility index (Phi) is 5.57. The maximum absolute atomic E-state index is 12.5. The van der Waals surface area contributed by atoms with Crippen LogP contribution in [0.15, 0.2) is 24.3 Å². The van der Waals surface area contributed by atoms with Crippen molar-refractivity contribution in [2.45, 2.75) is 38.6 Å². The van der Waals surface area contributed by atoms with E-state index in [1.807, 2.05) is 0 Å². The van der Waals surface area contributed by atoms with Crippen LogP contribution >= 0.6 is 0 Å². The third kappa shape index (κ3) is 6.54. The molecule has 0 fully saturated rings. The van der Waals surface area contributed by atoms with E-state index in [1.165, 1.54) is 0 Å². The molecule has 9 heteroatoms. The summed E-state index contributed by atoms with van der Waals surface area (Å²) < 4.78 is 42.6. The van der Waals surface area contributed by atoms with Gasteiger partial charge in [0.2, 0.25) is 6.54 Å². The summed E-state index contributed by atoms with van der Waals surface area (Å²) in [6.07, 6.45) is -5.39. The van der Waals surface area contributed by atoms with E-state index in [-0.39, 0.29) is 5.56 Å². The molecule has 0 saturated heterocycles. The maximum Gasteiger partial charge on any atom is 0.416 e. The molecule has 0 aliphatic carbocycles. The van der Waals surface area contributed by atoms with Crippen molar-refractivity contribution in [3.63, 3.8) is 0 Å². The van der Waals surface area contributed by atoms with E-state index in [0.717, 1.165) is 24.3 Å². The van der Waals surface area contributed by atoms with Gasteiger partial charge in [-0.1, -0.05) is 12.1 Å². The van der Waals surface area contributed by atoms with E-state index < -0.39 is 40.9 Å². The number of alkyl halides is 3. The largest absolute Gasteiger partial charge is 0.444 e. The summed E-state index contributed by atoms with van der Waals surface area (Å²) in [5.74, 6) is 0. The van der Waals surface area contributed by atoms with E-state index in [0.29, 0.717) is 0 Å². The molecule has 23 heavy (non-hydrogen) atoms. The molecule has 1 amide bonds. The smallest absolute Gasteiger partial charge is 0.416 e. The lowest BCUT2D eigenvalue weighted by Crippen LogP contribution is -2.37. The van der Waals surface area contributed by atoms with Gasteiger partial charge in [-0.25, -0.2) is 4.79 Å². The summed E-state index contributed by atoms with van der Waals surface area (Å²) in [6.45, 7) is 4.18. The van der Waals surface area contributed by atoms with Gasteiger partial charge in [-0.3, -0.25) is 10.1 Å². The molecule has 1 unspecified atom stereocenters. The Morgan fingerprint density at radius 2 is 1.78 bits per heavy atom. The Labute approximate surface area is 130 Å². The van der Waals surface area contributed by atoms with Gasteiger partial charge in [0.1, 0.15) is 11.6 Å². The highest BCUT2D eigenvalue weighted by molar-refractivity contribution is 5.68. The normalized spacial score (nSPS) is 13.3. The zero-order chi connectivity index (χ0) is 17.8. The van der Waals surface area contributed by atoms with Crippen LogP contribution in [0.3, 0.4) is 0 Å². The van der Waals surface area contributed by atoms with Crippen molar-refractivity contribution in [1.29, 1.82) is 0 Å². The molecule has 0 aliphatic rings. The molecule has 1 aromatic rings. The third-order valence-corrected chi connectivity index (χ3v) is 2.66. The van der Waals surface area contributed by atoms with E-state index in [4.69, 9.17) is 4.74 Å². The monoisotopic (exact) mass is 334 g/mol. The van der Waals surface area contributed by atoms with Gasteiger partial charge in [-0.05, 0) is 38.5 Å². The quantitative estimate of drug-likeness (QED) is 0.674. The minimum atomic E-state index is -4.50. The van der Waals surface area contributed by atoms with Gasteiger partial charge in [0.05, 0.1) is 5.56 Å². The lowest BCUT2D eigenvalue weighted by molar-refractivity contribution is -0.484. The number of halogens is 3. The number of ether oxygens (including phenoxy) is 1. The second-order valence-electron chi connectivity index (χ2n) is 5.83. The molecular formula is C14H17F3N2O4. The van der Waals surface area contributed by atoms with Gasteiger partial charge in [0.15, 0.2) is 0 Å². The van der Waals surface area contributed by atoms with Gasteiger partial charge >= 0.3 is 12.3 Å². The summed E-state index contributed by atoms with van der Waals surface area (Å²) >= 11 is 0. The fourth-order valence-corrected chi connectivity index (χ4v) is 1.74. The zero-order valence-electron chi connectivity index (χ0n) is 12.8. The number of carbonyl (C=O) groups is 1. The number of amides is 1. The molecule has 0 saturated carbocycles. The van der Waals surface area contributed by atoms with Crippen molar-refractivity contribution >= 4 is 6.09 Å². The first kappa shape index (κ1) is 18.7. The number of hydrogen-bond acceptors (Lipinski definition) is 4. The molecule has 6 nitrogen and oxygen atoms in total. The molecule has 1 atom stereocenters. The van der Waals surface area contributed by atoms with E-state index in [1.54, 1.807) is 20.8 Å². The average Bonchev–Trinajstić information content (AvgIpc) is 2.34. The van der Waals surface area contributed by atoms with Gasteiger partial charge in [0, 0.05) is 4.92 Å². The predicted octanol–water partition coefficient (Wildman–Crippen LogP) is 3.55. The molecule has 0 aliphatic heterocycles. The van der Waals surface area contributed by atoms with Gasteiger partial charge in [-0.15, -0.1) is 0 Å². The molecule has 0 heterocycles. The van der Waals surface area contributed by atoms with Gasteiger partial charge in [0.25, 0.3) is 0 Å². The lowest BCUT2D eigenvalue weighted by Gasteiger charge is -2.22. The SMILES string of the molecule is CC(C)(C)OC(=O)NC(C[N+](=O)[O-])c1ccc(C(F)(F)F)cc1. The number of rotatable bonds is 4. The molecule has 0 bridgehead atoms. The number of carbonyl (C=O) groups excluding carboxylic acids is 1. The van der Waals surface area contributed by atoms with Crippen LogP contribution in [0, 0.1) is 10.1 Å². The second-order valence-corrected chi connectivity index (χ2v) is 5.83. The second kappa shape index (κ2) is 6.84. The Hall–Kier alpha value is -2.32. The first-order valence-corrected chi connectivity index (χ1v) is 6.67. The highest BCUT2D eigenvalue weighted by Crippen LogP contribution is 2.30. The molecule has 1 aromatic carbocycles. The molecule has 0 aromatic heterocycles. The molecule has 1 rings (SSSR count).